The van der Waals surface area contributed by atoms with E-state index in [1.807, 2.05) is 0 Å². The highest BCUT2D eigenvalue weighted by molar-refractivity contribution is 6.33. The number of carbonyl (C=O) groups is 2. The number of hydrogen-bond acceptors (Lipinski definition) is 5. The summed E-state index contributed by atoms with van der Waals surface area (Å²) in [4.78, 5) is 31.7. The molecule has 2 aromatic rings. The lowest BCUT2D eigenvalue weighted by Gasteiger charge is -2.08. The Labute approximate surface area is 138 Å². The zero-order valence-electron chi connectivity index (χ0n) is 12.5. The van der Waals surface area contributed by atoms with Crippen LogP contribution in [-0.4, -0.2) is 41.9 Å². The van der Waals surface area contributed by atoms with Crippen LogP contribution in [0.2, 0.25) is 5.02 Å². The molecule has 1 aromatic heterocycles. The molecule has 2 amide bonds. The van der Waals surface area contributed by atoms with Crippen molar-refractivity contribution in [3.63, 3.8) is 0 Å². The van der Waals surface area contributed by atoms with Gasteiger partial charge in [-0.25, -0.2) is 9.97 Å². The first-order valence-corrected chi connectivity index (χ1v) is 7.30. The SMILES string of the molecule is CNc1ncc(C(=O)NCCNC(=O)c2ccccc2Cl)cn1. The van der Waals surface area contributed by atoms with Gasteiger partial charge in [0.2, 0.25) is 5.95 Å². The molecule has 0 fully saturated rings. The van der Waals surface area contributed by atoms with Gasteiger partial charge < -0.3 is 16.0 Å². The second-order valence-electron chi connectivity index (χ2n) is 4.54. The van der Waals surface area contributed by atoms with Gasteiger partial charge in [-0.3, -0.25) is 9.59 Å². The van der Waals surface area contributed by atoms with Gasteiger partial charge in [0.25, 0.3) is 11.8 Å². The van der Waals surface area contributed by atoms with E-state index >= 15 is 0 Å². The lowest BCUT2D eigenvalue weighted by molar-refractivity contribution is 0.0927. The van der Waals surface area contributed by atoms with E-state index in [0.29, 0.717) is 22.1 Å². The molecule has 8 heteroatoms. The third-order valence-electron chi connectivity index (χ3n) is 2.95. The molecule has 2 rings (SSSR count). The van der Waals surface area contributed by atoms with E-state index in [2.05, 4.69) is 25.9 Å². The van der Waals surface area contributed by atoms with Crippen molar-refractivity contribution in [1.82, 2.24) is 20.6 Å². The summed E-state index contributed by atoms with van der Waals surface area (Å²) in [6.45, 7) is 0.564. The Morgan fingerprint density at radius 3 is 2.26 bits per heavy atom. The first-order chi connectivity index (χ1) is 11.1. The lowest BCUT2D eigenvalue weighted by Crippen LogP contribution is -2.34. The third kappa shape index (κ3) is 4.65. The predicted molar refractivity (Wildman–Crippen MR) is 87.7 cm³/mol. The lowest BCUT2D eigenvalue weighted by atomic mass is 10.2. The Morgan fingerprint density at radius 1 is 1.04 bits per heavy atom. The minimum absolute atomic E-state index is 0.281. The molecule has 0 radical (unpaired) electrons. The summed E-state index contributed by atoms with van der Waals surface area (Å²) in [6, 6.07) is 6.77. The number of halogens is 1. The zero-order valence-corrected chi connectivity index (χ0v) is 13.2. The summed E-state index contributed by atoms with van der Waals surface area (Å²) in [5, 5.41) is 8.51. The monoisotopic (exact) mass is 333 g/mol. The molecule has 0 aliphatic heterocycles. The van der Waals surface area contributed by atoms with Gasteiger partial charge in [0.15, 0.2) is 0 Å². The number of anilines is 1. The Balaban J connectivity index is 1.77. The molecule has 7 nitrogen and oxygen atoms in total. The number of benzene rings is 1. The summed E-state index contributed by atoms with van der Waals surface area (Å²) >= 11 is 5.94. The van der Waals surface area contributed by atoms with Crippen LogP contribution in [-0.2, 0) is 0 Å². The number of nitrogens with zero attached hydrogens (tertiary/aromatic N) is 2. The fourth-order valence-corrected chi connectivity index (χ4v) is 1.99. The van der Waals surface area contributed by atoms with Gasteiger partial charge in [-0.1, -0.05) is 23.7 Å². The van der Waals surface area contributed by atoms with Crippen LogP contribution >= 0.6 is 11.6 Å². The second-order valence-corrected chi connectivity index (χ2v) is 4.94. The standard InChI is InChI=1S/C15H16ClN5O2/c1-17-15-20-8-10(9-21-15)13(22)18-6-7-19-14(23)11-4-2-3-5-12(11)16/h2-5,8-9H,6-7H2,1H3,(H,18,22)(H,19,23)(H,17,20,21). The van der Waals surface area contributed by atoms with Gasteiger partial charge in [-0.15, -0.1) is 0 Å². The van der Waals surface area contributed by atoms with Crippen molar-refractivity contribution >= 4 is 29.4 Å². The Bertz CT molecular complexity index is 691. The van der Waals surface area contributed by atoms with Crippen molar-refractivity contribution in [2.75, 3.05) is 25.5 Å². The van der Waals surface area contributed by atoms with Crippen LogP contribution in [0.4, 0.5) is 5.95 Å². The molecule has 0 saturated heterocycles. The van der Waals surface area contributed by atoms with Crippen LogP contribution in [0.1, 0.15) is 20.7 Å². The summed E-state index contributed by atoms with van der Waals surface area (Å²) in [6.07, 6.45) is 2.85. The maximum Gasteiger partial charge on any atom is 0.254 e. The molecular weight excluding hydrogens is 318 g/mol. The average Bonchev–Trinajstić information content (AvgIpc) is 2.58. The Hall–Kier alpha value is -2.67. The van der Waals surface area contributed by atoms with Gasteiger partial charge >= 0.3 is 0 Å². The molecule has 1 heterocycles. The molecule has 0 atom stereocenters. The number of nitrogens with one attached hydrogen (secondary N) is 3. The minimum Gasteiger partial charge on any atom is -0.357 e. The fourth-order valence-electron chi connectivity index (χ4n) is 1.77. The second kappa shape index (κ2) is 8.09. The van der Waals surface area contributed by atoms with Gasteiger partial charge in [-0.05, 0) is 12.1 Å². The number of carbonyl (C=O) groups excluding carboxylic acids is 2. The highest BCUT2D eigenvalue weighted by Gasteiger charge is 2.09. The first-order valence-electron chi connectivity index (χ1n) is 6.92. The third-order valence-corrected chi connectivity index (χ3v) is 3.28. The van der Waals surface area contributed by atoms with Gasteiger partial charge in [-0.2, -0.15) is 0 Å². The van der Waals surface area contributed by atoms with Gasteiger partial charge in [0.1, 0.15) is 0 Å². The van der Waals surface area contributed by atoms with E-state index < -0.39 is 0 Å². The zero-order chi connectivity index (χ0) is 16.7. The topological polar surface area (TPSA) is 96.0 Å². The highest BCUT2D eigenvalue weighted by atomic mass is 35.5. The van der Waals surface area contributed by atoms with Crippen LogP contribution in [0.25, 0.3) is 0 Å². The fraction of sp³-hybridized carbons (Fsp3) is 0.200. The molecule has 0 unspecified atom stereocenters. The molecule has 120 valence electrons. The van der Waals surface area contributed by atoms with Crippen molar-refractivity contribution in [3.05, 3.63) is 52.8 Å². The molecular formula is C15H16ClN5O2. The van der Waals surface area contributed by atoms with Crippen LogP contribution in [0.3, 0.4) is 0 Å². The summed E-state index contributed by atoms with van der Waals surface area (Å²) < 4.78 is 0. The van der Waals surface area contributed by atoms with E-state index in [0.717, 1.165) is 0 Å². The van der Waals surface area contributed by atoms with Crippen molar-refractivity contribution in [2.24, 2.45) is 0 Å². The number of hydrogen-bond donors (Lipinski definition) is 3. The van der Waals surface area contributed by atoms with Crippen molar-refractivity contribution in [3.8, 4) is 0 Å². The predicted octanol–water partition coefficient (Wildman–Crippen LogP) is 1.33. The average molecular weight is 334 g/mol. The van der Waals surface area contributed by atoms with Gasteiger partial charge in [0, 0.05) is 32.5 Å². The molecule has 0 aliphatic carbocycles. The van der Waals surface area contributed by atoms with Crippen molar-refractivity contribution < 1.29 is 9.59 Å². The largest absolute Gasteiger partial charge is 0.357 e. The number of rotatable bonds is 6. The highest BCUT2D eigenvalue weighted by Crippen LogP contribution is 2.14. The van der Waals surface area contributed by atoms with Crippen LogP contribution in [0.15, 0.2) is 36.7 Å². The van der Waals surface area contributed by atoms with Crippen LogP contribution in [0.5, 0.6) is 0 Å². The maximum absolute atomic E-state index is 11.9. The molecule has 1 aromatic carbocycles. The smallest absolute Gasteiger partial charge is 0.254 e. The minimum atomic E-state index is -0.306. The van der Waals surface area contributed by atoms with E-state index in [9.17, 15) is 9.59 Å². The Morgan fingerprint density at radius 2 is 1.65 bits per heavy atom. The maximum atomic E-state index is 11.9. The number of aromatic nitrogens is 2. The Kier molecular flexibility index (Phi) is 5.87. The summed E-state index contributed by atoms with van der Waals surface area (Å²) in [5.41, 5.74) is 0.748. The molecule has 23 heavy (non-hydrogen) atoms. The van der Waals surface area contributed by atoms with E-state index in [1.165, 1.54) is 12.4 Å². The molecule has 0 saturated carbocycles. The summed E-state index contributed by atoms with van der Waals surface area (Å²) in [5.74, 6) is -0.153. The van der Waals surface area contributed by atoms with E-state index in [1.54, 1.807) is 31.3 Å². The normalized spacial score (nSPS) is 10.0. The molecule has 0 bridgehead atoms. The van der Waals surface area contributed by atoms with Crippen molar-refractivity contribution in [1.29, 1.82) is 0 Å². The van der Waals surface area contributed by atoms with Crippen LogP contribution in [0, 0.1) is 0 Å². The van der Waals surface area contributed by atoms with E-state index in [4.69, 9.17) is 11.6 Å². The quantitative estimate of drug-likeness (QED) is 0.693. The van der Waals surface area contributed by atoms with Gasteiger partial charge in [0.05, 0.1) is 16.1 Å². The first kappa shape index (κ1) is 16.7. The molecule has 0 spiro atoms. The van der Waals surface area contributed by atoms with E-state index in [-0.39, 0.29) is 24.9 Å². The molecule has 0 aliphatic rings. The summed E-state index contributed by atoms with van der Waals surface area (Å²) in [7, 11) is 1.69. The van der Waals surface area contributed by atoms with Crippen molar-refractivity contribution in [2.45, 2.75) is 0 Å². The molecule has 3 N–H and O–H groups in total. The van der Waals surface area contributed by atoms with Crippen LogP contribution < -0.4 is 16.0 Å². The number of amides is 2.